The fourth-order valence-corrected chi connectivity index (χ4v) is 4.81. The Morgan fingerprint density at radius 3 is 2.81 bits per heavy atom. The van der Waals surface area contributed by atoms with Gasteiger partial charge in [0.25, 0.3) is 5.91 Å². The third kappa shape index (κ3) is 3.72. The van der Waals surface area contributed by atoms with Gasteiger partial charge in [-0.05, 0) is 49.6 Å². The number of benzene rings is 1. The zero-order valence-corrected chi connectivity index (χ0v) is 18.3. The Bertz CT molecular complexity index is 1130. The standard InChI is InChI=1S/C24H30N6O/c1-28-9-11-30(12-10-28)24(31)18-6-4-8-20-23(18)27-21(29(20)2)14-16-13-17-5-3-7-19(25)22(17)26-15-16/h4,6,8,13,15,19H,3,5,7,9-12,14,25H2,1-2H3. The molecule has 3 aromatic rings. The van der Waals surface area contributed by atoms with Crippen molar-refractivity contribution in [3.05, 3.63) is 58.7 Å². The van der Waals surface area contributed by atoms with Gasteiger partial charge in [-0.3, -0.25) is 9.78 Å². The van der Waals surface area contributed by atoms with E-state index in [2.05, 4.69) is 27.6 Å². The predicted octanol–water partition coefficient (Wildman–Crippen LogP) is 2.28. The number of aromatic nitrogens is 3. The van der Waals surface area contributed by atoms with Crippen molar-refractivity contribution in [2.75, 3.05) is 33.2 Å². The van der Waals surface area contributed by atoms with Crippen LogP contribution in [0.3, 0.4) is 0 Å². The number of likely N-dealkylation sites (N-methyl/N-ethyl adjacent to an activating group) is 1. The van der Waals surface area contributed by atoms with Gasteiger partial charge in [-0.15, -0.1) is 0 Å². The van der Waals surface area contributed by atoms with Crippen LogP contribution in [0.5, 0.6) is 0 Å². The number of nitrogens with two attached hydrogens (primary N) is 1. The van der Waals surface area contributed by atoms with Crippen LogP contribution in [0.1, 0.15) is 51.9 Å². The smallest absolute Gasteiger partial charge is 0.256 e. The fourth-order valence-electron chi connectivity index (χ4n) is 4.81. The summed E-state index contributed by atoms with van der Waals surface area (Å²) in [5, 5.41) is 0. The van der Waals surface area contributed by atoms with Crippen molar-refractivity contribution in [2.45, 2.75) is 31.7 Å². The Kier molecular flexibility index (Phi) is 5.24. The van der Waals surface area contributed by atoms with Crippen LogP contribution in [0.4, 0.5) is 0 Å². The lowest BCUT2D eigenvalue weighted by atomic mass is 9.91. The lowest BCUT2D eigenvalue weighted by Gasteiger charge is -2.32. The molecule has 0 saturated carbocycles. The second-order valence-corrected chi connectivity index (χ2v) is 8.92. The number of carbonyl (C=O) groups excluding carboxylic acids is 1. The highest BCUT2D eigenvalue weighted by Crippen LogP contribution is 2.28. The number of fused-ring (bicyclic) bond motifs is 2. The number of hydrogen-bond acceptors (Lipinski definition) is 5. The number of pyridine rings is 1. The molecule has 1 saturated heterocycles. The fraction of sp³-hybridized carbons (Fsp3) is 0.458. The minimum absolute atomic E-state index is 0.0525. The van der Waals surface area contributed by atoms with E-state index in [1.165, 1.54) is 5.56 Å². The molecule has 2 N–H and O–H groups in total. The highest BCUT2D eigenvalue weighted by Gasteiger charge is 2.24. The van der Waals surface area contributed by atoms with Gasteiger partial charge >= 0.3 is 0 Å². The topological polar surface area (TPSA) is 80.3 Å². The van der Waals surface area contributed by atoms with E-state index in [4.69, 9.17) is 10.7 Å². The first-order chi connectivity index (χ1) is 15.0. The van der Waals surface area contributed by atoms with E-state index in [1.54, 1.807) is 0 Å². The van der Waals surface area contributed by atoms with E-state index in [9.17, 15) is 4.79 Å². The molecular formula is C24H30N6O. The van der Waals surface area contributed by atoms with E-state index in [-0.39, 0.29) is 11.9 Å². The first-order valence-corrected chi connectivity index (χ1v) is 11.2. The van der Waals surface area contributed by atoms with E-state index >= 15 is 0 Å². The molecule has 7 nitrogen and oxygen atoms in total. The van der Waals surface area contributed by atoms with Crippen LogP contribution in [0.15, 0.2) is 30.5 Å². The Morgan fingerprint density at radius 1 is 1.19 bits per heavy atom. The molecule has 0 spiro atoms. The largest absolute Gasteiger partial charge is 0.336 e. The third-order valence-electron chi connectivity index (χ3n) is 6.76. The van der Waals surface area contributed by atoms with Crippen molar-refractivity contribution in [2.24, 2.45) is 12.8 Å². The number of rotatable bonds is 3. The maximum Gasteiger partial charge on any atom is 0.256 e. The molecule has 0 radical (unpaired) electrons. The predicted molar refractivity (Wildman–Crippen MR) is 121 cm³/mol. The zero-order chi connectivity index (χ0) is 21.5. The lowest BCUT2D eigenvalue weighted by Crippen LogP contribution is -2.47. The van der Waals surface area contributed by atoms with Crippen LogP contribution in [0.25, 0.3) is 11.0 Å². The van der Waals surface area contributed by atoms with Crippen molar-refractivity contribution in [1.82, 2.24) is 24.3 Å². The van der Waals surface area contributed by atoms with Crippen molar-refractivity contribution < 1.29 is 4.79 Å². The van der Waals surface area contributed by atoms with E-state index in [0.717, 1.165) is 73.6 Å². The minimum Gasteiger partial charge on any atom is -0.336 e. The van der Waals surface area contributed by atoms with Crippen LogP contribution in [-0.4, -0.2) is 63.5 Å². The Labute approximate surface area is 182 Å². The number of nitrogens with zero attached hydrogens (tertiary/aromatic N) is 5. The second kappa shape index (κ2) is 8.05. The Balaban J connectivity index is 1.45. The summed E-state index contributed by atoms with van der Waals surface area (Å²) in [6.45, 7) is 3.33. The normalized spacial score (nSPS) is 19.6. The number of amides is 1. The molecule has 1 aliphatic heterocycles. The maximum absolute atomic E-state index is 13.2. The van der Waals surface area contributed by atoms with E-state index in [1.807, 2.05) is 36.3 Å². The highest BCUT2D eigenvalue weighted by molar-refractivity contribution is 6.05. The van der Waals surface area contributed by atoms with Gasteiger partial charge in [-0.1, -0.05) is 12.1 Å². The quantitative estimate of drug-likeness (QED) is 0.706. The molecule has 1 amide bonds. The molecule has 2 aromatic heterocycles. The molecule has 162 valence electrons. The lowest BCUT2D eigenvalue weighted by molar-refractivity contribution is 0.0666. The number of para-hydroxylation sites is 1. The minimum atomic E-state index is 0.0525. The summed E-state index contributed by atoms with van der Waals surface area (Å²) in [4.78, 5) is 27.0. The average Bonchev–Trinajstić information content (AvgIpc) is 3.09. The maximum atomic E-state index is 13.2. The van der Waals surface area contributed by atoms with Gasteiger partial charge in [0, 0.05) is 51.9 Å². The number of carbonyl (C=O) groups is 1. The summed E-state index contributed by atoms with van der Waals surface area (Å²) in [6.07, 6.45) is 5.77. The van der Waals surface area contributed by atoms with Crippen molar-refractivity contribution >= 4 is 16.9 Å². The third-order valence-corrected chi connectivity index (χ3v) is 6.76. The Morgan fingerprint density at radius 2 is 2.00 bits per heavy atom. The van der Waals surface area contributed by atoms with Gasteiger partial charge < -0.3 is 20.1 Å². The van der Waals surface area contributed by atoms with Crippen LogP contribution < -0.4 is 5.73 Å². The van der Waals surface area contributed by atoms with Crippen LogP contribution in [0, 0.1) is 0 Å². The summed E-state index contributed by atoms with van der Waals surface area (Å²) < 4.78 is 2.10. The number of piperazine rings is 1. The van der Waals surface area contributed by atoms with Gasteiger partial charge in [0.1, 0.15) is 11.3 Å². The number of hydrogen-bond donors (Lipinski definition) is 1. The highest BCUT2D eigenvalue weighted by atomic mass is 16.2. The van der Waals surface area contributed by atoms with E-state index in [0.29, 0.717) is 12.0 Å². The molecule has 0 bridgehead atoms. The first kappa shape index (κ1) is 20.2. The van der Waals surface area contributed by atoms with Gasteiger partial charge in [-0.2, -0.15) is 0 Å². The summed E-state index contributed by atoms with van der Waals surface area (Å²) >= 11 is 0. The molecule has 1 unspecified atom stereocenters. The summed E-state index contributed by atoms with van der Waals surface area (Å²) in [5.41, 5.74) is 12.1. The molecule has 31 heavy (non-hydrogen) atoms. The summed E-state index contributed by atoms with van der Waals surface area (Å²) in [5.74, 6) is 1.02. The number of imidazole rings is 1. The van der Waals surface area contributed by atoms with E-state index < -0.39 is 0 Å². The van der Waals surface area contributed by atoms with Crippen molar-refractivity contribution in [3.8, 4) is 0 Å². The van der Waals surface area contributed by atoms with Gasteiger partial charge in [0.15, 0.2) is 0 Å². The van der Waals surface area contributed by atoms with Gasteiger partial charge in [-0.25, -0.2) is 4.98 Å². The zero-order valence-electron chi connectivity index (χ0n) is 18.3. The van der Waals surface area contributed by atoms with Crippen LogP contribution in [0.2, 0.25) is 0 Å². The second-order valence-electron chi connectivity index (χ2n) is 8.92. The van der Waals surface area contributed by atoms with Crippen molar-refractivity contribution in [1.29, 1.82) is 0 Å². The molecule has 1 fully saturated rings. The van der Waals surface area contributed by atoms with Crippen LogP contribution in [-0.2, 0) is 19.9 Å². The molecule has 1 aromatic carbocycles. The molecule has 3 heterocycles. The molecule has 5 rings (SSSR count). The summed E-state index contributed by atoms with van der Waals surface area (Å²) in [7, 11) is 4.12. The SMILES string of the molecule is CN1CCN(C(=O)c2cccc3c2nc(Cc2cnc4c(c2)CCCC4N)n3C)CC1. The first-order valence-electron chi connectivity index (χ1n) is 11.2. The molecule has 1 aliphatic carbocycles. The molecule has 2 aliphatic rings. The Hall–Kier alpha value is -2.77. The summed E-state index contributed by atoms with van der Waals surface area (Å²) in [6, 6.07) is 8.19. The van der Waals surface area contributed by atoms with Crippen molar-refractivity contribution in [3.63, 3.8) is 0 Å². The number of aryl methyl sites for hydroxylation is 2. The molecule has 7 heteroatoms. The average molecular weight is 419 g/mol. The molecular weight excluding hydrogens is 388 g/mol. The van der Waals surface area contributed by atoms with Gasteiger partial charge in [0.05, 0.1) is 16.8 Å². The molecule has 1 atom stereocenters. The monoisotopic (exact) mass is 418 g/mol. The van der Waals surface area contributed by atoms with Crippen LogP contribution >= 0.6 is 0 Å². The van der Waals surface area contributed by atoms with Gasteiger partial charge in [0.2, 0.25) is 0 Å².